The van der Waals surface area contributed by atoms with Crippen molar-refractivity contribution in [2.45, 2.75) is 51.0 Å². The second-order valence-electron chi connectivity index (χ2n) is 5.66. The highest BCUT2D eigenvalue weighted by molar-refractivity contribution is 5.64. The summed E-state index contributed by atoms with van der Waals surface area (Å²) in [6.07, 6.45) is 7.92. The van der Waals surface area contributed by atoms with E-state index in [4.69, 9.17) is 4.74 Å². The molecular weight excluding hydrogens is 268 g/mol. The largest absolute Gasteiger partial charge is 0.490 e. The Morgan fingerprint density at radius 1 is 1.24 bits per heavy atom. The minimum Gasteiger partial charge on any atom is -0.490 e. The van der Waals surface area contributed by atoms with Crippen LogP contribution in [0.25, 0.3) is 0 Å². The van der Waals surface area contributed by atoms with Gasteiger partial charge in [0.2, 0.25) is 5.75 Å². The van der Waals surface area contributed by atoms with Gasteiger partial charge in [0.25, 0.3) is 0 Å². The molecule has 1 fully saturated rings. The lowest BCUT2D eigenvalue weighted by molar-refractivity contribution is 0.172. The lowest BCUT2D eigenvalue weighted by Gasteiger charge is -2.37. The standard InChI is InChI=1S/C15H26N4O2/c1-3-9-16-13-12(21-2)14(18-11-17-13)19-15(10-20)7-5-4-6-8-15/h11,20H,3-10H2,1-2H3,(H2,16,17,18,19). The minimum atomic E-state index is -0.290. The van der Waals surface area contributed by atoms with E-state index in [2.05, 4.69) is 27.5 Å². The molecule has 6 nitrogen and oxygen atoms in total. The molecule has 2 rings (SSSR count). The van der Waals surface area contributed by atoms with E-state index in [1.54, 1.807) is 7.11 Å². The third kappa shape index (κ3) is 3.75. The number of aliphatic hydroxyl groups is 1. The fourth-order valence-electron chi connectivity index (χ4n) is 2.83. The van der Waals surface area contributed by atoms with E-state index in [9.17, 15) is 5.11 Å². The van der Waals surface area contributed by atoms with E-state index in [1.165, 1.54) is 12.7 Å². The van der Waals surface area contributed by atoms with Gasteiger partial charge in [0, 0.05) is 6.54 Å². The number of methoxy groups -OCH3 is 1. The molecule has 0 spiro atoms. The predicted molar refractivity (Wildman–Crippen MR) is 83.9 cm³/mol. The van der Waals surface area contributed by atoms with Gasteiger partial charge in [-0.1, -0.05) is 26.2 Å². The Bertz CT molecular complexity index is 447. The fourth-order valence-corrected chi connectivity index (χ4v) is 2.83. The zero-order valence-electron chi connectivity index (χ0n) is 13.0. The van der Waals surface area contributed by atoms with Crippen molar-refractivity contribution in [3.05, 3.63) is 6.33 Å². The van der Waals surface area contributed by atoms with E-state index in [0.717, 1.165) is 38.6 Å². The number of nitrogens with one attached hydrogen (secondary N) is 2. The van der Waals surface area contributed by atoms with Crippen LogP contribution in [0.4, 0.5) is 11.6 Å². The van der Waals surface area contributed by atoms with Crippen LogP contribution >= 0.6 is 0 Å². The van der Waals surface area contributed by atoms with Crippen molar-refractivity contribution in [1.82, 2.24) is 9.97 Å². The minimum absolute atomic E-state index is 0.109. The van der Waals surface area contributed by atoms with Gasteiger partial charge in [-0.2, -0.15) is 0 Å². The highest BCUT2D eigenvalue weighted by Gasteiger charge is 2.32. The maximum Gasteiger partial charge on any atom is 0.204 e. The molecule has 0 unspecified atom stereocenters. The molecule has 0 saturated heterocycles. The highest BCUT2D eigenvalue weighted by Crippen LogP contribution is 2.36. The number of anilines is 2. The first-order chi connectivity index (χ1) is 10.2. The first-order valence-corrected chi connectivity index (χ1v) is 7.76. The number of ether oxygens (including phenoxy) is 1. The monoisotopic (exact) mass is 294 g/mol. The summed E-state index contributed by atoms with van der Waals surface area (Å²) in [6, 6.07) is 0. The molecule has 0 bridgehead atoms. The Hall–Kier alpha value is -1.56. The number of rotatable bonds is 7. The quantitative estimate of drug-likeness (QED) is 0.716. The molecule has 0 radical (unpaired) electrons. The average molecular weight is 294 g/mol. The molecule has 0 atom stereocenters. The van der Waals surface area contributed by atoms with Gasteiger partial charge in [-0.05, 0) is 19.3 Å². The third-order valence-corrected chi connectivity index (χ3v) is 4.05. The Morgan fingerprint density at radius 3 is 2.57 bits per heavy atom. The van der Waals surface area contributed by atoms with Crippen LogP contribution < -0.4 is 15.4 Å². The smallest absolute Gasteiger partial charge is 0.204 e. The van der Waals surface area contributed by atoms with Crippen LogP contribution in [0.15, 0.2) is 6.33 Å². The summed E-state index contributed by atoms with van der Waals surface area (Å²) in [5.41, 5.74) is -0.290. The van der Waals surface area contributed by atoms with Crippen LogP contribution in [-0.4, -0.2) is 40.9 Å². The maximum absolute atomic E-state index is 9.81. The van der Waals surface area contributed by atoms with E-state index in [0.29, 0.717) is 17.4 Å². The summed E-state index contributed by atoms with van der Waals surface area (Å²) in [5, 5.41) is 16.5. The van der Waals surface area contributed by atoms with Gasteiger partial charge >= 0.3 is 0 Å². The maximum atomic E-state index is 9.81. The molecule has 1 saturated carbocycles. The van der Waals surface area contributed by atoms with Gasteiger partial charge in [-0.15, -0.1) is 0 Å². The molecule has 1 aliphatic carbocycles. The number of aliphatic hydroxyl groups excluding tert-OH is 1. The van der Waals surface area contributed by atoms with Crippen molar-refractivity contribution in [1.29, 1.82) is 0 Å². The molecule has 0 aromatic carbocycles. The SMILES string of the molecule is CCCNc1ncnc(NC2(CO)CCCCC2)c1OC. The van der Waals surface area contributed by atoms with Crippen molar-refractivity contribution in [2.24, 2.45) is 0 Å². The van der Waals surface area contributed by atoms with E-state index >= 15 is 0 Å². The highest BCUT2D eigenvalue weighted by atomic mass is 16.5. The van der Waals surface area contributed by atoms with E-state index in [-0.39, 0.29) is 12.1 Å². The summed E-state index contributed by atoms with van der Waals surface area (Å²) in [7, 11) is 1.62. The summed E-state index contributed by atoms with van der Waals surface area (Å²) < 4.78 is 5.47. The van der Waals surface area contributed by atoms with Crippen LogP contribution in [0.3, 0.4) is 0 Å². The van der Waals surface area contributed by atoms with Gasteiger partial charge in [0.15, 0.2) is 11.6 Å². The first kappa shape index (κ1) is 15.8. The second-order valence-corrected chi connectivity index (χ2v) is 5.66. The molecule has 118 valence electrons. The summed E-state index contributed by atoms with van der Waals surface area (Å²) >= 11 is 0. The van der Waals surface area contributed by atoms with Crippen molar-refractivity contribution < 1.29 is 9.84 Å². The Labute approximate surface area is 126 Å². The zero-order chi connectivity index (χ0) is 15.1. The average Bonchev–Trinajstić information content (AvgIpc) is 2.54. The van der Waals surface area contributed by atoms with Gasteiger partial charge < -0.3 is 20.5 Å². The summed E-state index contributed by atoms with van der Waals surface area (Å²) in [4.78, 5) is 8.55. The Balaban J connectivity index is 2.21. The normalized spacial score (nSPS) is 17.3. The molecule has 1 aromatic heterocycles. The van der Waals surface area contributed by atoms with Crippen LogP contribution in [0.5, 0.6) is 5.75 Å². The molecule has 0 aliphatic heterocycles. The lowest BCUT2D eigenvalue weighted by atomic mass is 9.82. The number of hydrogen-bond acceptors (Lipinski definition) is 6. The van der Waals surface area contributed by atoms with Crippen molar-refractivity contribution in [3.8, 4) is 5.75 Å². The molecule has 1 aliphatic rings. The van der Waals surface area contributed by atoms with Gasteiger partial charge in [-0.25, -0.2) is 9.97 Å². The lowest BCUT2D eigenvalue weighted by Crippen LogP contribution is -2.44. The fraction of sp³-hybridized carbons (Fsp3) is 0.733. The van der Waals surface area contributed by atoms with Gasteiger partial charge in [-0.3, -0.25) is 0 Å². The summed E-state index contributed by atoms with van der Waals surface area (Å²) in [5.74, 6) is 1.96. The van der Waals surface area contributed by atoms with Crippen LogP contribution in [0, 0.1) is 0 Å². The molecule has 0 amide bonds. The van der Waals surface area contributed by atoms with Crippen LogP contribution in [-0.2, 0) is 0 Å². The summed E-state index contributed by atoms with van der Waals surface area (Å²) in [6.45, 7) is 3.04. The molecule has 1 heterocycles. The molecular formula is C15H26N4O2. The van der Waals surface area contributed by atoms with Crippen molar-refractivity contribution in [2.75, 3.05) is 30.9 Å². The van der Waals surface area contributed by atoms with Crippen molar-refractivity contribution in [3.63, 3.8) is 0 Å². The molecule has 3 N–H and O–H groups in total. The number of hydrogen-bond donors (Lipinski definition) is 3. The van der Waals surface area contributed by atoms with Crippen LogP contribution in [0.2, 0.25) is 0 Å². The topological polar surface area (TPSA) is 79.3 Å². The molecule has 1 aromatic rings. The number of nitrogens with zero attached hydrogens (tertiary/aromatic N) is 2. The van der Waals surface area contributed by atoms with Gasteiger partial charge in [0.05, 0.1) is 19.3 Å². The number of aromatic nitrogens is 2. The van der Waals surface area contributed by atoms with E-state index < -0.39 is 0 Å². The zero-order valence-corrected chi connectivity index (χ0v) is 13.0. The predicted octanol–water partition coefficient (Wildman–Crippen LogP) is 2.41. The second kappa shape index (κ2) is 7.45. The van der Waals surface area contributed by atoms with Crippen molar-refractivity contribution >= 4 is 11.6 Å². The van der Waals surface area contributed by atoms with Gasteiger partial charge in [0.1, 0.15) is 6.33 Å². The Morgan fingerprint density at radius 2 is 1.95 bits per heavy atom. The third-order valence-electron chi connectivity index (χ3n) is 4.05. The van der Waals surface area contributed by atoms with Crippen LogP contribution in [0.1, 0.15) is 45.4 Å². The van der Waals surface area contributed by atoms with E-state index in [1.807, 2.05) is 0 Å². The Kier molecular flexibility index (Phi) is 5.61. The first-order valence-electron chi connectivity index (χ1n) is 7.76. The molecule has 6 heteroatoms. The molecule has 21 heavy (non-hydrogen) atoms.